The second kappa shape index (κ2) is 6.47. The Balaban J connectivity index is 3.12. The molecule has 0 aliphatic heterocycles. The van der Waals surface area contributed by atoms with Crippen LogP contribution in [0.4, 0.5) is 4.39 Å². The molecular weight excluding hydrogens is 309 g/mol. The van der Waals surface area contributed by atoms with Gasteiger partial charge in [0.05, 0.1) is 0 Å². The fourth-order valence-corrected chi connectivity index (χ4v) is 3.75. The number of halogens is 2. The molecule has 0 radical (unpaired) electrons. The summed E-state index contributed by atoms with van der Waals surface area (Å²) in [6.07, 6.45) is 0.695. The number of hydrogen-bond acceptors (Lipinski definition) is 2. The van der Waals surface area contributed by atoms with Crippen molar-refractivity contribution in [2.45, 2.75) is 18.2 Å². The third-order valence-corrected chi connectivity index (χ3v) is 4.55. The Bertz CT molecular complexity index is 458. The fourth-order valence-electron chi connectivity index (χ4n) is 1.49. The number of rotatable bonds is 6. The Hall–Kier alpha value is -0.460. The van der Waals surface area contributed by atoms with E-state index in [0.29, 0.717) is 24.8 Å². The number of hydrogen-bond donors (Lipinski definition) is 0. The second-order valence-corrected chi connectivity index (χ2v) is 6.22. The summed E-state index contributed by atoms with van der Waals surface area (Å²) < 4.78 is 39.2. The van der Waals surface area contributed by atoms with Gasteiger partial charge in [-0.3, -0.25) is 0 Å². The monoisotopic (exact) mass is 323 g/mol. The molecule has 0 heterocycles. The van der Waals surface area contributed by atoms with Crippen molar-refractivity contribution < 1.29 is 12.8 Å². The van der Waals surface area contributed by atoms with Gasteiger partial charge in [-0.1, -0.05) is 35.0 Å². The average Bonchev–Trinajstić information content (AvgIpc) is 2.29. The fraction of sp³-hybridized carbons (Fsp3) is 0.455. The molecule has 0 saturated heterocycles. The van der Waals surface area contributed by atoms with Crippen molar-refractivity contribution in [2.24, 2.45) is 0 Å². The minimum Gasteiger partial charge on any atom is -0.207 e. The normalized spacial score (nSPS) is 12.0. The molecule has 0 amide bonds. The second-order valence-electron chi connectivity index (χ2n) is 3.52. The summed E-state index contributed by atoms with van der Waals surface area (Å²) in [5.41, 5.74) is 0. The maximum absolute atomic E-state index is 13.5. The molecule has 0 aromatic heterocycles. The molecule has 0 saturated carbocycles. The maximum atomic E-state index is 13.5. The molecule has 17 heavy (non-hydrogen) atoms. The molecule has 1 aromatic carbocycles. The van der Waals surface area contributed by atoms with E-state index in [1.54, 1.807) is 0 Å². The highest BCUT2D eigenvalue weighted by Gasteiger charge is 2.25. The van der Waals surface area contributed by atoms with Gasteiger partial charge in [0.2, 0.25) is 10.0 Å². The highest BCUT2D eigenvalue weighted by Crippen LogP contribution is 2.19. The van der Waals surface area contributed by atoms with Gasteiger partial charge in [0.25, 0.3) is 0 Å². The summed E-state index contributed by atoms with van der Waals surface area (Å²) >= 11 is 3.20. The molecule has 0 bridgehead atoms. The highest BCUT2D eigenvalue weighted by molar-refractivity contribution is 9.09. The maximum Gasteiger partial charge on any atom is 0.246 e. The van der Waals surface area contributed by atoms with Crippen LogP contribution in [0.1, 0.15) is 13.3 Å². The minimum atomic E-state index is -3.73. The molecule has 0 aliphatic rings. The van der Waals surface area contributed by atoms with Crippen LogP contribution < -0.4 is 0 Å². The standard InChI is InChI=1S/C11H15BrFNO2S/c1-2-8-14(9-7-12)17(15,16)11-6-4-3-5-10(11)13/h3-6H,2,7-9H2,1H3. The number of benzene rings is 1. The zero-order valence-corrected chi connectivity index (χ0v) is 12.0. The molecule has 1 aromatic rings. The predicted octanol–water partition coefficient (Wildman–Crippen LogP) is 2.62. The third-order valence-electron chi connectivity index (χ3n) is 2.26. The lowest BCUT2D eigenvalue weighted by Gasteiger charge is -2.20. The predicted molar refractivity (Wildman–Crippen MR) is 69.2 cm³/mol. The molecule has 0 spiro atoms. The Labute approximate surface area is 110 Å². The largest absolute Gasteiger partial charge is 0.246 e. The van der Waals surface area contributed by atoms with E-state index in [1.165, 1.54) is 22.5 Å². The van der Waals surface area contributed by atoms with E-state index in [-0.39, 0.29) is 4.90 Å². The van der Waals surface area contributed by atoms with Gasteiger partial charge in [-0.15, -0.1) is 0 Å². The van der Waals surface area contributed by atoms with E-state index in [2.05, 4.69) is 15.9 Å². The van der Waals surface area contributed by atoms with E-state index >= 15 is 0 Å². The Morgan fingerprint density at radius 2 is 1.94 bits per heavy atom. The smallest absolute Gasteiger partial charge is 0.207 e. The molecule has 0 aliphatic carbocycles. The van der Waals surface area contributed by atoms with Crippen LogP contribution >= 0.6 is 15.9 Å². The highest BCUT2D eigenvalue weighted by atomic mass is 79.9. The minimum absolute atomic E-state index is 0.255. The first-order valence-corrected chi connectivity index (χ1v) is 7.90. The molecule has 0 N–H and O–H groups in total. The van der Waals surface area contributed by atoms with Gasteiger partial charge in [-0.2, -0.15) is 4.31 Å². The zero-order chi connectivity index (χ0) is 12.9. The molecule has 1 rings (SSSR count). The lowest BCUT2D eigenvalue weighted by Crippen LogP contribution is -2.34. The quantitative estimate of drug-likeness (QED) is 0.755. The summed E-state index contributed by atoms with van der Waals surface area (Å²) in [7, 11) is -3.73. The number of alkyl halides is 1. The summed E-state index contributed by atoms with van der Waals surface area (Å²) in [5.74, 6) is -0.705. The number of nitrogens with zero attached hydrogens (tertiary/aromatic N) is 1. The van der Waals surface area contributed by atoms with Crippen LogP contribution in [0, 0.1) is 5.82 Å². The Morgan fingerprint density at radius 1 is 1.29 bits per heavy atom. The Morgan fingerprint density at radius 3 is 2.47 bits per heavy atom. The van der Waals surface area contributed by atoms with Gasteiger partial charge in [0.15, 0.2) is 0 Å². The molecule has 6 heteroatoms. The zero-order valence-electron chi connectivity index (χ0n) is 9.57. The van der Waals surface area contributed by atoms with Crippen molar-refractivity contribution in [1.29, 1.82) is 0 Å². The summed E-state index contributed by atoms with van der Waals surface area (Å²) in [4.78, 5) is -0.255. The van der Waals surface area contributed by atoms with Gasteiger partial charge >= 0.3 is 0 Å². The van der Waals surface area contributed by atoms with E-state index in [0.717, 1.165) is 6.07 Å². The molecular formula is C11H15BrFNO2S. The van der Waals surface area contributed by atoms with Crippen LogP contribution in [0.15, 0.2) is 29.2 Å². The van der Waals surface area contributed by atoms with Crippen LogP contribution in [-0.2, 0) is 10.0 Å². The SMILES string of the molecule is CCCN(CCBr)S(=O)(=O)c1ccccc1F. The van der Waals surface area contributed by atoms with Crippen LogP contribution in [-0.4, -0.2) is 31.1 Å². The lowest BCUT2D eigenvalue weighted by molar-refractivity contribution is 0.426. The van der Waals surface area contributed by atoms with E-state index in [1.807, 2.05) is 6.92 Å². The molecule has 96 valence electrons. The van der Waals surface area contributed by atoms with E-state index in [4.69, 9.17) is 0 Å². The van der Waals surface area contributed by atoms with Crippen molar-refractivity contribution >= 4 is 26.0 Å². The first-order chi connectivity index (χ1) is 8.04. The van der Waals surface area contributed by atoms with Crippen LogP contribution in [0.25, 0.3) is 0 Å². The van der Waals surface area contributed by atoms with Crippen molar-refractivity contribution in [3.8, 4) is 0 Å². The first-order valence-electron chi connectivity index (χ1n) is 5.34. The molecule has 3 nitrogen and oxygen atoms in total. The Kier molecular flexibility index (Phi) is 5.55. The van der Waals surface area contributed by atoms with Crippen LogP contribution in [0.2, 0.25) is 0 Å². The number of sulfonamides is 1. The van der Waals surface area contributed by atoms with Gasteiger partial charge in [0, 0.05) is 18.4 Å². The van der Waals surface area contributed by atoms with E-state index < -0.39 is 15.8 Å². The first kappa shape index (κ1) is 14.6. The third kappa shape index (κ3) is 3.50. The van der Waals surface area contributed by atoms with Crippen molar-refractivity contribution in [3.63, 3.8) is 0 Å². The lowest BCUT2D eigenvalue weighted by atomic mass is 10.3. The summed E-state index contributed by atoms with van der Waals surface area (Å²) in [5, 5.41) is 0.528. The molecule has 0 atom stereocenters. The molecule has 0 fully saturated rings. The van der Waals surface area contributed by atoms with Crippen molar-refractivity contribution in [3.05, 3.63) is 30.1 Å². The van der Waals surface area contributed by atoms with Gasteiger partial charge in [0.1, 0.15) is 10.7 Å². The topological polar surface area (TPSA) is 37.4 Å². The summed E-state index contributed by atoms with van der Waals surface area (Å²) in [6, 6.07) is 5.45. The van der Waals surface area contributed by atoms with Crippen molar-refractivity contribution in [2.75, 3.05) is 18.4 Å². The van der Waals surface area contributed by atoms with Gasteiger partial charge in [-0.25, -0.2) is 12.8 Å². The molecule has 0 unspecified atom stereocenters. The average molecular weight is 324 g/mol. The van der Waals surface area contributed by atoms with Crippen molar-refractivity contribution in [1.82, 2.24) is 4.31 Å². The van der Waals surface area contributed by atoms with Crippen LogP contribution in [0.5, 0.6) is 0 Å². The van der Waals surface area contributed by atoms with Gasteiger partial charge in [-0.05, 0) is 18.6 Å². The summed E-state index contributed by atoms with van der Waals surface area (Å²) in [6.45, 7) is 2.62. The van der Waals surface area contributed by atoms with E-state index in [9.17, 15) is 12.8 Å². The van der Waals surface area contributed by atoms with Gasteiger partial charge < -0.3 is 0 Å². The van der Waals surface area contributed by atoms with Crippen LogP contribution in [0.3, 0.4) is 0 Å².